The molecule has 0 radical (unpaired) electrons. The topological polar surface area (TPSA) is 65.9 Å². The van der Waals surface area contributed by atoms with Crippen LogP contribution in [0.3, 0.4) is 0 Å². The Balaban J connectivity index is 2.89. The van der Waals surface area contributed by atoms with Crippen molar-refractivity contribution in [3.8, 4) is 6.07 Å². The molecule has 0 aromatic carbocycles. The molecule has 0 fully saturated rings. The molecule has 0 aliphatic rings. The van der Waals surface area contributed by atoms with Gasteiger partial charge in [-0.25, -0.2) is 0 Å². The Morgan fingerprint density at radius 2 is 2.43 bits per heavy atom. The lowest BCUT2D eigenvalue weighted by Crippen LogP contribution is -2.33. The van der Waals surface area contributed by atoms with Crippen molar-refractivity contribution in [3.63, 3.8) is 0 Å². The van der Waals surface area contributed by atoms with Gasteiger partial charge in [0.25, 0.3) is 0 Å². The van der Waals surface area contributed by atoms with E-state index in [1.54, 1.807) is 12.4 Å². The highest BCUT2D eigenvalue weighted by Gasteiger charge is 2.07. The van der Waals surface area contributed by atoms with Crippen LogP contribution in [0.15, 0.2) is 18.5 Å². The summed E-state index contributed by atoms with van der Waals surface area (Å²) in [5, 5.41) is 8.85. The molecule has 0 spiro atoms. The van der Waals surface area contributed by atoms with Crippen molar-refractivity contribution >= 4 is 5.69 Å². The van der Waals surface area contributed by atoms with Crippen LogP contribution >= 0.6 is 0 Å². The number of nitrogens with zero attached hydrogens (tertiary/aromatic N) is 3. The van der Waals surface area contributed by atoms with Gasteiger partial charge in [0.1, 0.15) is 6.07 Å². The average molecular weight is 190 g/mol. The fourth-order valence-electron chi connectivity index (χ4n) is 1.34. The first-order valence-electron chi connectivity index (χ1n) is 4.46. The van der Waals surface area contributed by atoms with Crippen LogP contribution in [0.2, 0.25) is 0 Å². The maximum absolute atomic E-state index is 8.85. The van der Waals surface area contributed by atoms with E-state index in [0.717, 1.165) is 12.2 Å². The second-order valence-corrected chi connectivity index (χ2v) is 3.36. The van der Waals surface area contributed by atoms with Gasteiger partial charge < -0.3 is 10.6 Å². The highest BCUT2D eigenvalue weighted by atomic mass is 15.1. The van der Waals surface area contributed by atoms with Crippen molar-refractivity contribution in [2.24, 2.45) is 5.73 Å². The lowest BCUT2D eigenvalue weighted by Gasteiger charge is -2.21. The first-order valence-corrected chi connectivity index (χ1v) is 4.46. The molecule has 1 heterocycles. The fraction of sp³-hybridized carbons (Fsp3) is 0.400. The second-order valence-electron chi connectivity index (χ2n) is 3.36. The van der Waals surface area contributed by atoms with Gasteiger partial charge in [-0.1, -0.05) is 0 Å². The van der Waals surface area contributed by atoms with Gasteiger partial charge in [-0.3, -0.25) is 4.98 Å². The normalized spacial score (nSPS) is 11.9. The molecule has 1 aromatic heterocycles. The standard InChI is InChI=1S/C10H14N4/c1-8(12)7-14(2)10-3-4-13-6-9(10)5-11/h3-4,6,8H,7,12H2,1-2H3. The fourth-order valence-corrected chi connectivity index (χ4v) is 1.34. The lowest BCUT2D eigenvalue weighted by molar-refractivity contribution is 0.717. The van der Waals surface area contributed by atoms with Gasteiger partial charge in [0.2, 0.25) is 0 Å². The molecular weight excluding hydrogens is 176 g/mol. The predicted molar refractivity (Wildman–Crippen MR) is 55.9 cm³/mol. The number of likely N-dealkylation sites (N-methyl/N-ethyl adjacent to an activating group) is 1. The minimum atomic E-state index is 0.0831. The number of pyridine rings is 1. The van der Waals surface area contributed by atoms with E-state index in [9.17, 15) is 0 Å². The summed E-state index contributed by atoms with van der Waals surface area (Å²) in [7, 11) is 1.92. The molecule has 74 valence electrons. The predicted octanol–water partition coefficient (Wildman–Crippen LogP) is 0.737. The molecule has 0 bridgehead atoms. The smallest absolute Gasteiger partial charge is 0.103 e. The third-order valence-electron chi connectivity index (χ3n) is 1.89. The van der Waals surface area contributed by atoms with Gasteiger partial charge in [-0.2, -0.15) is 5.26 Å². The molecule has 0 amide bonds. The van der Waals surface area contributed by atoms with Gasteiger partial charge in [0.05, 0.1) is 11.3 Å². The summed E-state index contributed by atoms with van der Waals surface area (Å²) in [5.41, 5.74) is 7.14. The zero-order chi connectivity index (χ0) is 10.6. The Hall–Kier alpha value is -1.60. The minimum Gasteiger partial charge on any atom is -0.372 e. The average Bonchev–Trinajstić information content (AvgIpc) is 2.16. The van der Waals surface area contributed by atoms with E-state index in [1.807, 2.05) is 24.9 Å². The molecule has 1 atom stereocenters. The van der Waals surface area contributed by atoms with Crippen LogP contribution in [0.5, 0.6) is 0 Å². The minimum absolute atomic E-state index is 0.0831. The van der Waals surface area contributed by atoms with E-state index >= 15 is 0 Å². The van der Waals surface area contributed by atoms with Crippen LogP contribution in [0.25, 0.3) is 0 Å². The van der Waals surface area contributed by atoms with Crippen LogP contribution < -0.4 is 10.6 Å². The molecule has 14 heavy (non-hydrogen) atoms. The molecule has 2 N–H and O–H groups in total. The van der Waals surface area contributed by atoms with Gasteiger partial charge in [0, 0.05) is 32.0 Å². The summed E-state index contributed by atoms with van der Waals surface area (Å²) < 4.78 is 0. The number of hydrogen-bond acceptors (Lipinski definition) is 4. The van der Waals surface area contributed by atoms with Gasteiger partial charge in [-0.15, -0.1) is 0 Å². The Labute approximate surface area is 84.0 Å². The third-order valence-corrected chi connectivity index (χ3v) is 1.89. The number of nitriles is 1. The van der Waals surface area contributed by atoms with E-state index in [1.165, 1.54) is 0 Å². The van der Waals surface area contributed by atoms with Crippen molar-refractivity contribution in [1.29, 1.82) is 5.26 Å². The van der Waals surface area contributed by atoms with Crippen molar-refractivity contribution in [1.82, 2.24) is 4.98 Å². The third kappa shape index (κ3) is 2.44. The van der Waals surface area contributed by atoms with E-state index in [0.29, 0.717) is 5.56 Å². The zero-order valence-corrected chi connectivity index (χ0v) is 8.44. The molecule has 0 saturated heterocycles. The van der Waals surface area contributed by atoms with Crippen molar-refractivity contribution in [2.45, 2.75) is 13.0 Å². The Bertz CT molecular complexity index is 340. The molecule has 4 nitrogen and oxygen atoms in total. The Morgan fingerprint density at radius 3 is 3.00 bits per heavy atom. The highest BCUT2D eigenvalue weighted by molar-refractivity contribution is 5.57. The summed E-state index contributed by atoms with van der Waals surface area (Å²) in [6.45, 7) is 2.66. The van der Waals surface area contributed by atoms with Gasteiger partial charge in [-0.05, 0) is 13.0 Å². The van der Waals surface area contributed by atoms with Crippen LogP contribution in [0.4, 0.5) is 5.69 Å². The SMILES string of the molecule is CC(N)CN(C)c1ccncc1C#N. The quantitative estimate of drug-likeness (QED) is 0.763. The number of nitrogens with two attached hydrogens (primary N) is 1. The molecule has 4 heteroatoms. The molecule has 1 rings (SSSR count). The molecule has 0 saturated carbocycles. The van der Waals surface area contributed by atoms with Crippen LogP contribution in [-0.4, -0.2) is 24.6 Å². The van der Waals surface area contributed by atoms with E-state index in [4.69, 9.17) is 11.0 Å². The van der Waals surface area contributed by atoms with Crippen molar-refractivity contribution < 1.29 is 0 Å². The molecular formula is C10H14N4. The second kappa shape index (κ2) is 4.58. The number of hydrogen-bond donors (Lipinski definition) is 1. The van der Waals surface area contributed by atoms with Crippen LogP contribution in [0, 0.1) is 11.3 Å². The summed E-state index contributed by atoms with van der Waals surface area (Å²) in [5.74, 6) is 0. The zero-order valence-electron chi connectivity index (χ0n) is 8.44. The summed E-state index contributed by atoms with van der Waals surface area (Å²) in [6, 6.07) is 4.01. The molecule has 0 aliphatic carbocycles. The monoisotopic (exact) mass is 190 g/mol. The van der Waals surface area contributed by atoms with Crippen LogP contribution in [-0.2, 0) is 0 Å². The highest BCUT2D eigenvalue weighted by Crippen LogP contribution is 2.16. The van der Waals surface area contributed by atoms with Crippen molar-refractivity contribution in [3.05, 3.63) is 24.0 Å². The Morgan fingerprint density at radius 1 is 1.71 bits per heavy atom. The van der Waals surface area contributed by atoms with E-state index < -0.39 is 0 Å². The lowest BCUT2D eigenvalue weighted by atomic mass is 10.2. The summed E-state index contributed by atoms with van der Waals surface area (Å²) >= 11 is 0. The summed E-state index contributed by atoms with van der Waals surface area (Å²) in [6.07, 6.45) is 3.24. The molecule has 0 aliphatic heterocycles. The summed E-state index contributed by atoms with van der Waals surface area (Å²) in [4.78, 5) is 5.86. The van der Waals surface area contributed by atoms with Crippen molar-refractivity contribution in [2.75, 3.05) is 18.5 Å². The van der Waals surface area contributed by atoms with E-state index in [2.05, 4.69) is 11.1 Å². The number of rotatable bonds is 3. The largest absolute Gasteiger partial charge is 0.372 e. The first kappa shape index (κ1) is 10.5. The molecule has 1 unspecified atom stereocenters. The maximum Gasteiger partial charge on any atom is 0.103 e. The number of anilines is 1. The maximum atomic E-state index is 8.85. The first-order chi connectivity index (χ1) is 6.65. The van der Waals surface area contributed by atoms with Gasteiger partial charge >= 0.3 is 0 Å². The van der Waals surface area contributed by atoms with E-state index in [-0.39, 0.29) is 6.04 Å². The van der Waals surface area contributed by atoms with Gasteiger partial charge in [0.15, 0.2) is 0 Å². The van der Waals surface area contributed by atoms with Crippen LogP contribution in [0.1, 0.15) is 12.5 Å². The number of aromatic nitrogens is 1. The molecule has 1 aromatic rings. The Kier molecular flexibility index (Phi) is 3.43.